The molecule has 150 valence electrons. The number of ether oxygens (including phenoxy) is 1. The monoisotopic (exact) mass is 397 g/mol. The molecule has 3 rings (SSSR count). The summed E-state index contributed by atoms with van der Waals surface area (Å²) in [6.45, 7) is 1.12. The second-order valence-corrected chi connectivity index (χ2v) is 6.54. The molecule has 9 nitrogen and oxygen atoms in total. The number of phenols is 1. The molecule has 0 unspecified atom stereocenters. The van der Waals surface area contributed by atoms with Gasteiger partial charge in [-0.1, -0.05) is 0 Å². The number of carbonyl (C=O) groups excluding carboxylic acids is 2. The summed E-state index contributed by atoms with van der Waals surface area (Å²) in [7, 11) is 0. The Morgan fingerprint density at radius 1 is 1.24 bits per heavy atom. The van der Waals surface area contributed by atoms with Crippen LogP contribution in [0.15, 0.2) is 41.4 Å². The van der Waals surface area contributed by atoms with Gasteiger partial charge in [0.15, 0.2) is 12.4 Å². The van der Waals surface area contributed by atoms with E-state index in [2.05, 4.69) is 4.99 Å². The van der Waals surface area contributed by atoms with E-state index in [9.17, 15) is 19.5 Å². The fraction of sp³-hybridized carbons (Fsp3) is 0.200. The Bertz CT molecular complexity index is 1030. The number of hydrogen-bond donors (Lipinski definition) is 3. The third kappa shape index (κ3) is 4.52. The summed E-state index contributed by atoms with van der Waals surface area (Å²) in [5.41, 5.74) is 7.45. The number of ketones is 1. The van der Waals surface area contributed by atoms with Crippen molar-refractivity contribution in [3.63, 3.8) is 0 Å². The van der Waals surface area contributed by atoms with Crippen LogP contribution in [0.5, 0.6) is 11.5 Å². The summed E-state index contributed by atoms with van der Waals surface area (Å²) in [5.74, 6) is -1.73. The molecule has 0 saturated carbocycles. The quantitative estimate of drug-likeness (QED) is 0.367. The molecule has 0 fully saturated rings. The normalized spacial score (nSPS) is 13.3. The van der Waals surface area contributed by atoms with Crippen molar-refractivity contribution in [3.8, 4) is 11.5 Å². The summed E-state index contributed by atoms with van der Waals surface area (Å²) >= 11 is 0. The van der Waals surface area contributed by atoms with Gasteiger partial charge in [-0.15, -0.1) is 0 Å². The van der Waals surface area contributed by atoms with Crippen molar-refractivity contribution in [2.45, 2.75) is 13.5 Å². The van der Waals surface area contributed by atoms with Crippen molar-refractivity contribution < 1.29 is 29.3 Å². The van der Waals surface area contributed by atoms with Gasteiger partial charge in [-0.2, -0.15) is 0 Å². The first-order valence-electron chi connectivity index (χ1n) is 8.68. The molecule has 0 bridgehead atoms. The number of carboxylic acid groups (broad SMARTS) is 1. The van der Waals surface area contributed by atoms with Gasteiger partial charge in [-0.3, -0.25) is 9.59 Å². The third-order valence-corrected chi connectivity index (χ3v) is 4.24. The van der Waals surface area contributed by atoms with Crippen LogP contribution in [-0.4, -0.2) is 51.8 Å². The lowest BCUT2D eigenvalue weighted by Gasteiger charge is -2.15. The average Bonchev–Trinajstić information content (AvgIpc) is 2.94. The van der Waals surface area contributed by atoms with Gasteiger partial charge < -0.3 is 25.6 Å². The van der Waals surface area contributed by atoms with Crippen LogP contribution in [0.2, 0.25) is 0 Å². The van der Waals surface area contributed by atoms with Gasteiger partial charge in [0.25, 0.3) is 5.91 Å². The highest BCUT2D eigenvalue weighted by Crippen LogP contribution is 2.29. The molecule has 1 amide bonds. The lowest BCUT2D eigenvalue weighted by Crippen LogP contribution is -2.30. The van der Waals surface area contributed by atoms with Crippen molar-refractivity contribution in [2.75, 3.05) is 13.2 Å². The molecule has 2 aromatic rings. The Morgan fingerprint density at radius 3 is 2.66 bits per heavy atom. The molecule has 9 heteroatoms. The van der Waals surface area contributed by atoms with Gasteiger partial charge in [-0.05, 0) is 42.8 Å². The smallest absolute Gasteiger partial charge is 0.341 e. The predicted octanol–water partition coefficient (Wildman–Crippen LogP) is 1.70. The van der Waals surface area contributed by atoms with Gasteiger partial charge in [0.05, 0.1) is 23.6 Å². The molecule has 0 saturated heterocycles. The van der Waals surface area contributed by atoms with Crippen molar-refractivity contribution in [2.24, 2.45) is 10.7 Å². The second-order valence-electron chi connectivity index (χ2n) is 6.54. The van der Waals surface area contributed by atoms with E-state index in [0.717, 1.165) is 11.6 Å². The number of carbonyl (C=O) groups is 3. The second kappa shape index (κ2) is 8.01. The van der Waals surface area contributed by atoms with Crippen molar-refractivity contribution in [1.82, 2.24) is 4.90 Å². The van der Waals surface area contributed by atoms with Gasteiger partial charge >= 0.3 is 5.97 Å². The number of aromatic hydroxyl groups is 1. The fourth-order valence-electron chi connectivity index (χ4n) is 3.01. The summed E-state index contributed by atoms with van der Waals surface area (Å²) in [6.07, 6.45) is 0. The number of hydrogen-bond acceptors (Lipinski definition) is 6. The summed E-state index contributed by atoms with van der Waals surface area (Å²) in [6, 6.07) is 8.96. The standard InChI is InChI=1S/C20H19N3O6/c1-11(21)22-13-2-4-15-12(6-13)8-23(20(15)28)9-18(25)16-5-3-14(7-17(16)24)29-10-19(26)27/h2-7,24H,8-10H2,1H3,(H2,21,22)(H,26,27). The lowest BCUT2D eigenvalue weighted by atomic mass is 10.1. The van der Waals surface area contributed by atoms with Crippen LogP contribution in [0.3, 0.4) is 0 Å². The maximum Gasteiger partial charge on any atom is 0.341 e. The molecule has 0 spiro atoms. The van der Waals surface area contributed by atoms with Crippen LogP contribution in [0.25, 0.3) is 0 Å². The minimum absolute atomic E-state index is 0.0143. The van der Waals surface area contributed by atoms with E-state index in [1.165, 1.54) is 17.0 Å². The van der Waals surface area contributed by atoms with Crippen LogP contribution >= 0.6 is 0 Å². The summed E-state index contributed by atoms with van der Waals surface area (Å²) < 4.78 is 4.96. The van der Waals surface area contributed by atoms with E-state index >= 15 is 0 Å². The zero-order valence-corrected chi connectivity index (χ0v) is 15.6. The number of fused-ring (bicyclic) bond motifs is 1. The van der Waals surface area contributed by atoms with E-state index in [1.54, 1.807) is 25.1 Å². The minimum Gasteiger partial charge on any atom is -0.507 e. The van der Waals surface area contributed by atoms with Crippen LogP contribution in [-0.2, 0) is 11.3 Å². The average molecular weight is 397 g/mol. The number of nitrogens with zero attached hydrogens (tertiary/aromatic N) is 2. The number of amidine groups is 1. The highest BCUT2D eigenvalue weighted by atomic mass is 16.5. The first-order valence-corrected chi connectivity index (χ1v) is 8.68. The van der Waals surface area contributed by atoms with Crippen LogP contribution in [0.4, 0.5) is 5.69 Å². The molecule has 4 N–H and O–H groups in total. The van der Waals surface area contributed by atoms with Gasteiger partial charge in [0.2, 0.25) is 0 Å². The number of aliphatic imine (C=N–C) groups is 1. The number of phenolic OH excluding ortho intramolecular Hbond substituents is 1. The highest BCUT2D eigenvalue weighted by Gasteiger charge is 2.29. The van der Waals surface area contributed by atoms with Crippen LogP contribution in [0, 0.1) is 0 Å². The number of Topliss-reactive ketones (excluding diaryl/α,β-unsaturated/α-hetero) is 1. The van der Waals surface area contributed by atoms with Gasteiger partial charge in [0.1, 0.15) is 11.5 Å². The lowest BCUT2D eigenvalue weighted by molar-refractivity contribution is -0.139. The number of rotatable bonds is 7. The Labute approximate surface area is 166 Å². The fourth-order valence-corrected chi connectivity index (χ4v) is 3.01. The molecule has 0 aromatic heterocycles. The van der Waals surface area contributed by atoms with Gasteiger partial charge in [-0.25, -0.2) is 9.79 Å². The molecule has 29 heavy (non-hydrogen) atoms. The first kappa shape index (κ1) is 19.9. The molecular formula is C20H19N3O6. The SMILES string of the molecule is CC(N)=Nc1ccc2c(c1)CN(CC(=O)c1ccc(OCC(=O)O)cc1O)C2=O. The van der Waals surface area contributed by atoms with E-state index < -0.39 is 18.4 Å². The Hall–Kier alpha value is -3.88. The summed E-state index contributed by atoms with van der Waals surface area (Å²) in [4.78, 5) is 41.2. The topological polar surface area (TPSA) is 143 Å². The van der Waals surface area contributed by atoms with E-state index in [0.29, 0.717) is 17.1 Å². The Morgan fingerprint density at radius 2 is 2.00 bits per heavy atom. The number of nitrogens with two attached hydrogens (primary N) is 1. The Kier molecular flexibility index (Phi) is 5.49. The number of amides is 1. The number of aliphatic carboxylic acids is 1. The van der Waals surface area contributed by atoms with Crippen LogP contribution in [0.1, 0.15) is 33.2 Å². The predicted molar refractivity (Wildman–Crippen MR) is 104 cm³/mol. The molecule has 1 aliphatic rings. The first-order chi connectivity index (χ1) is 13.7. The minimum atomic E-state index is -1.16. The van der Waals surface area contributed by atoms with Gasteiger partial charge in [0, 0.05) is 18.2 Å². The maximum absolute atomic E-state index is 12.6. The van der Waals surface area contributed by atoms with E-state index in [-0.39, 0.29) is 36.1 Å². The van der Waals surface area contributed by atoms with Crippen molar-refractivity contribution >= 4 is 29.2 Å². The van der Waals surface area contributed by atoms with Crippen molar-refractivity contribution in [3.05, 3.63) is 53.1 Å². The molecular weight excluding hydrogens is 378 g/mol. The molecule has 0 atom stereocenters. The number of benzene rings is 2. The van der Waals surface area contributed by atoms with E-state index in [4.69, 9.17) is 15.6 Å². The molecule has 1 heterocycles. The maximum atomic E-state index is 12.6. The third-order valence-electron chi connectivity index (χ3n) is 4.24. The Balaban J connectivity index is 1.71. The van der Waals surface area contributed by atoms with Crippen LogP contribution < -0.4 is 10.5 Å². The largest absolute Gasteiger partial charge is 0.507 e. The molecule has 0 aliphatic carbocycles. The van der Waals surface area contributed by atoms with E-state index in [1.807, 2.05) is 0 Å². The summed E-state index contributed by atoms with van der Waals surface area (Å²) in [5, 5.41) is 18.7. The van der Waals surface area contributed by atoms with Crippen molar-refractivity contribution in [1.29, 1.82) is 0 Å². The highest BCUT2D eigenvalue weighted by molar-refractivity contribution is 6.05. The zero-order chi connectivity index (χ0) is 21.1. The zero-order valence-electron chi connectivity index (χ0n) is 15.6. The molecule has 0 radical (unpaired) electrons. The molecule has 1 aliphatic heterocycles. The number of carboxylic acids is 1. The molecule has 2 aromatic carbocycles.